The SMILES string of the molecule is O.O=C(O)C(O)C(O)P(=O)(O)O. The molecule has 0 saturated carbocycles. The second-order valence-electron chi connectivity index (χ2n) is 1.79. The molecular weight excluding hydrogens is 195 g/mol. The third-order valence-corrected chi connectivity index (χ3v) is 1.85. The lowest BCUT2D eigenvalue weighted by Gasteiger charge is -2.14. The summed E-state index contributed by atoms with van der Waals surface area (Å²) >= 11 is 0. The van der Waals surface area contributed by atoms with Gasteiger partial charge < -0.3 is 30.6 Å². The predicted molar refractivity (Wildman–Crippen MR) is 35.3 cm³/mol. The fraction of sp³-hybridized carbons (Fsp3) is 0.667. The fourth-order valence-electron chi connectivity index (χ4n) is 0.311. The van der Waals surface area contributed by atoms with Crippen LogP contribution in [0.25, 0.3) is 0 Å². The van der Waals surface area contributed by atoms with Crippen molar-refractivity contribution < 1.29 is 39.9 Å². The van der Waals surface area contributed by atoms with Gasteiger partial charge in [0.2, 0.25) is 0 Å². The van der Waals surface area contributed by atoms with E-state index in [0.717, 1.165) is 0 Å². The summed E-state index contributed by atoms with van der Waals surface area (Å²) in [6.07, 6.45) is -2.46. The first-order chi connectivity index (χ1) is 4.76. The van der Waals surface area contributed by atoms with E-state index < -0.39 is 25.5 Å². The van der Waals surface area contributed by atoms with E-state index >= 15 is 0 Å². The average molecular weight is 204 g/mol. The van der Waals surface area contributed by atoms with Gasteiger partial charge in [-0.05, 0) is 0 Å². The van der Waals surface area contributed by atoms with Gasteiger partial charge in [0.15, 0.2) is 11.9 Å². The molecule has 2 unspecified atom stereocenters. The van der Waals surface area contributed by atoms with E-state index in [9.17, 15) is 9.36 Å². The number of carboxylic acids is 1. The van der Waals surface area contributed by atoms with E-state index in [2.05, 4.69) is 0 Å². The zero-order valence-electron chi connectivity index (χ0n) is 5.65. The molecule has 0 rings (SSSR count). The zero-order chi connectivity index (χ0) is 9.23. The number of carbonyl (C=O) groups is 1. The molecule has 0 aliphatic rings. The Morgan fingerprint density at radius 3 is 1.67 bits per heavy atom. The number of carboxylic acid groups (broad SMARTS) is 1. The topological polar surface area (TPSA) is 167 Å². The molecule has 74 valence electrons. The fourth-order valence-corrected chi connectivity index (χ4v) is 0.807. The highest BCUT2D eigenvalue weighted by Gasteiger charge is 2.37. The van der Waals surface area contributed by atoms with Gasteiger partial charge >= 0.3 is 13.6 Å². The predicted octanol–water partition coefficient (Wildman–Crippen LogP) is -2.90. The van der Waals surface area contributed by atoms with E-state index in [1.165, 1.54) is 0 Å². The van der Waals surface area contributed by atoms with Crippen molar-refractivity contribution in [3.05, 3.63) is 0 Å². The molecule has 0 spiro atoms. The smallest absolute Gasteiger partial charge is 0.357 e. The first-order valence-electron chi connectivity index (χ1n) is 2.41. The van der Waals surface area contributed by atoms with Gasteiger partial charge in [0.25, 0.3) is 0 Å². The summed E-state index contributed by atoms with van der Waals surface area (Å²) in [4.78, 5) is 26.1. The molecule has 9 heteroatoms. The van der Waals surface area contributed by atoms with E-state index in [0.29, 0.717) is 0 Å². The molecule has 0 aromatic heterocycles. The minimum Gasteiger partial charge on any atom is -0.479 e. The van der Waals surface area contributed by atoms with E-state index in [1.54, 1.807) is 0 Å². The van der Waals surface area contributed by atoms with Crippen LogP contribution in [-0.2, 0) is 9.36 Å². The van der Waals surface area contributed by atoms with Crippen molar-refractivity contribution in [2.45, 2.75) is 11.9 Å². The van der Waals surface area contributed by atoms with Crippen LogP contribution in [0, 0.1) is 0 Å². The van der Waals surface area contributed by atoms with Gasteiger partial charge in [-0.25, -0.2) is 4.79 Å². The Balaban J connectivity index is 0. The molecule has 12 heavy (non-hydrogen) atoms. The number of hydrogen-bond acceptors (Lipinski definition) is 4. The lowest BCUT2D eigenvalue weighted by molar-refractivity contribution is -0.150. The van der Waals surface area contributed by atoms with Crippen LogP contribution in [0.1, 0.15) is 0 Å². The molecule has 0 aliphatic carbocycles. The molecule has 8 nitrogen and oxygen atoms in total. The van der Waals surface area contributed by atoms with Gasteiger partial charge in [-0.2, -0.15) is 0 Å². The van der Waals surface area contributed by atoms with Crippen molar-refractivity contribution >= 4 is 13.6 Å². The second-order valence-corrected chi connectivity index (χ2v) is 3.49. The lowest BCUT2D eigenvalue weighted by atomic mass is 10.4. The van der Waals surface area contributed by atoms with Crippen molar-refractivity contribution in [1.82, 2.24) is 0 Å². The normalized spacial score (nSPS) is 16.0. The van der Waals surface area contributed by atoms with Gasteiger partial charge in [-0.15, -0.1) is 0 Å². The maximum absolute atomic E-state index is 10.1. The molecule has 0 aromatic carbocycles. The summed E-state index contributed by atoms with van der Waals surface area (Å²) < 4.78 is 10.1. The quantitative estimate of drug-likeness (QED) is 0.307. The van der Waals surface area contributed by atoms with Crippen LogP contribution in [0.5, 0.6) is 0 Å². The van der Waals surface area contributed by atoms with Gasteiger partial charge in [-0.3, -0.25) is 4.57 Å². The highest BCUT2D eigenvalue weighted by Crippen LogP contribution is 2.41. The number of rotatable bonds is 3. The summed E-state index contributed by atoms with van der Waals surface area (Å²) in [6, 6.07) is 0. The Labute approximate surface area is 66.5 Å². The third kappa shape index (κ3) is 3.77. The molecule has 0 aliphatic heterocycles. The van der Waals surface area contributed by atoms with Gasteiger partial charge in [0, 0.05) is 0 Å². The van der Waals surface area contributed by atoms with Crippen LogP contribution in [0.4, 0.5) is 0 Å². The molecule has 2 atom stereocenters. The largest absolute Gasteiger partial charge is 0.479 e. The highest BCUT2D eigenvalue weighted by atomic mass is 31.2. The van der Waals surface area contributed by atoms with Crippen molar-refractivity contribution in [3.63, 3.8) is 0 Å². The molecule has 0 amide bonds. The van der Waals surface area contributed by atoms with Crippen molar-refractivity contribution in [3.8, 4) is 0 Å². The Kier molecular flexibility index (Phi) is 5.28. The van der Waals surface area contributed by atoms with Crippen LogP contribution in [0.3, 0.4) is 0 Å². The van der Waals surface area contributed by atoms with Gasteiger partial charge in [0.1, 0.15) is 0 Å². The number of hydrogen-bond donors (Lipinski definition) is 5. The Morgan fingerprint density at radius 2 is 1.58 bits per heavy atom. The number of aliphatic hydroxyl groups is 2. The second kappa shape index (κ2) is 4.51. The molecule has 0 bridgehead atoms. The van der Waals surface area contributed by atoms with E-state index in [-0.39, 0.29) is 5.48 Å². The molecule has 0 fully saturated rings. The average Bonchev–Trinajstić information content (AvgIpc) is 1.82. The van der Waals surface area contributed by atoms with Crippen LogP contribution in [-0.4, -0.2) is 48.5 Å². The number of aliphatic carboxylic acids is 1. The summed E-state index contributed by atoms with van der Waals surface area (Å²) in [6.45, 7) is 0. The maximum Gasteiger partial charge on any atom is 0.357 e. The summed E-state index contributed by atoms with van der Waals surface area (Å²) in [7, 11) is -4.94. The van der Waals surface area contributed by atoms with Crippen molar-refractivity contribution in [2.24, 2.45) is 0 Å². The molecule has 7 N–H and O–H groups in total. The Bertz CT molecular complexity index is 194. The van der Waals surface area contributed by atoms with Crippen LogP contribution >= 0.6 is 7.60 Å². The molecule has 0 aromatic rings. The third-order valence-electron chi connectivity index (χ3n) is 0.880. The Morgan fingerprint density at radius 1 is 1.25 bits per heavy atom. The van der Waals surface area contributed by atoms with Crippen LogP contribution < -0.4 is 0 Å². The summed E-state index contributed by atoms with van der Waals surface area (Å²) in [5.41, 5.74) is 0. The first-order valence-corrected chi connectivity index (χ1v) is 4.09. The maximum atomic E-state index is 10.1. The first kappa shape index (κ1) is 14.0. The summed E-state index contributed by atoms with van der Waals surface area (Å²) in [5, 5.41) is 24.8. The summed E-state index contributed by atoms with van der Waals surface area (Å²) in [5.74, 6) is -4.46. The standard InChI is InChI=1S/C3H7O7P.H2O/c4-1(2(5)6)3(7)11(8,9)10;/h1,3-4,7H,(H,5,6)(H2,8,9,10);1H2. The van der Waals surface area contributed by atoms with Gasteiger partial charge in [0.05, 0.1) is 0 Å². The van der Waals surface area contributed by atoms with Crippen molar-refractivity contribution in [2.75, 3.05) is 0 Å². The Hall–Kier alpha value is -0.500. The molecule has 0 radical (unpaired) electrons. The van der Waals surface area contributed by atoms with E-state index in [1.807, 2.05) is 0 Å². The molecule has 0 saturated heterocycles. The highest BCUT2D eigenvalue weighted by molar-refractivity contribution is 7.52. The zero-order valence-corrected chi connectivity index (χ0v) is 6.55. The van der Waals surface area contributed by atoms with Crippen molar-refractivity contribution in [1.29, 1.82) is 0 Å². The van der Waals surface area contributed by atoms with Crippen LogP contribution in [0.15, 0.2) is 0 Å². The minimum absolute atomic E-state index is 0. The lowest BCUT2D eigenvalue weighted by Crippen LogP contribution is -2.33. The van der Waals surface area contributed by atoms with Gasteiger partial charge in [-0.1, -0.05) is 0 Å². The monoisotopic (exact) mass is 204 g/mol. The molecular formula is C3H9O8P. The number of aliphatic hydroxyl groups excluding tert-OH is 2. The van der Waals surface area contributed by atoms with Crippen LogP contribution in [0.2, 0.25) is 0 Å². The minimum atomic E-state index is -4.94. The molecule has 0 heterocycles. The van der Waals surface area contributed by atoms with E-state index in [4.69, 9.17) is 25.1 Å².